The predicted octanol–water partition coefficient (Wildman–Crippen LogP) is 3.04. The standard InChI is InChI=1S/C18H26FNO3S/c1-2-15(16-5-7-17(19)8-6-16)12-18(21)20-10-3-4-14-9-11-24(22,23)13-14/h5-8,14-15H,2-4,9-13H2,1H3,(H,20,21). The second-order valence-electron chi connectivity index (χ2n) is 6.62. The summed E-state index contributed by atoms with van der Waals surface area (Å²) in [5, 5.41) is 2.91. The topological polar surface area (TPSA) is 63.2 Å². The van der Waals surface area contributed by atoms with Crippen LogP contribution in [0.5, 0.6) is 0 Å². The normalized spacial score (nSPS) is 20.7. The van der Waals surface area contributed by atoms with Crippen LogP contribution in [0.4, 0.5) is 4.39 Å². The number of benzene rings is 1. The fraction of sp³-hybridized carbons (Fsp3) is 0.611. The molecule has 0 aromatic heterocycles. The second kappa shape index (κ2) is 8.60. The van der Waals surface area contributed by atoms with Gasteiger partial charge in [0.1, 0.15) is 5.82 Å². The van der Waals surface area contributed by atoms with Gasteiger partial charge in [0.05, 0.1) is 11.5 Å². The third-order valence-corrected chi connectivity index (χ3v) is 6.54. The van der Waals surface area contributed by atoms with Gasteiger partial charge in [-0.3, -0.25) is 4.79 Å². The van der Waals surface area contributed by atoms with Gasteiger partial charge in [0.15, 0.2) is 9.84 Å². The molecule has 1 aromatic carbocycles. The zero-order valence-electron chi connectivity index (χ0n) is 14.1. The Labute approximate surface area is 143 Å². The van der Waals surface area contributed by atoms with E-state index in [-0.39, 0.29) is 23.6 Å². The Morgan fingerprint density at radius 2 is 2.04 bits per heavy atom. The molecule has 0 saturated carbocycles. The van der Waals surface area contributed by atoms with Crippen LogP contribution in [0.25, 0.3) is 0 Å². The molecule has 1 amide bonds. The van der Waals surface area contributed by atoms with Crippen molar-refractivity contribution in [1.82, 2.24) is 5.32 Å². The van der Waals surface area contributed by atoms with Gasteiger partial charge in [0.2, 0.25) is 5.91 Å². The highest BCUT2D eigenvalue weighted by molar-refractivity contribution is 7.91. The van der Waals surface area contributed by atoms with Gasteiger partial charge >= 0.3 is 0 Å². The van der Waals surface area contributed by atoms with Crippen molar-refractivity contribution >= 4 is 15.7 Å². The summed E-state index contributed by atoms with van der Waals surface area (Å²) in [7, 11) is -2.82. The molecule has 0 radical (unpaired) electrons. The number of carbonyl (C=O) groups is 1. The molecule has 1 N–H and O–H groups in total. The Bertz CT molecular complexity index is 643. The molecule has 1 aromatic rings. The van der Waals surface area contributed by atoms with Gasteiger partial charge in [-0.25, -0.2) is 12.8 Å². The average molecular weight is 355 g/mol. The Balaban J connectivity index is 1.69. The van der Waals surface area contributed by atoms with E-state index in [2.05, 4.69) is 5.32 Å². The first kappa shape index (κ1) is 18.9. The summed E-state index contributed by atoms with van der Waals surface area (Å²) in [5.74, 6) is 0.654. The number of halogens is 1. The van der Waals surface area contributed by atoms with Gasteiger partial charge in [-0.15, -0.1) is 0 Å². The molecule has 134 valence electrons. The van der Waals surface area contributed by atoms with Crippen molar-refractivity contribution in [2.24, 2.45) is 5.92 Å². The highest BCUT2D eigenvalue weighted by Gasteiger charge is 2.27. The van der Waals surface area contributed by atoms with Crippen LogP contribution in [0.2, 0.25) is 0 Å². The summed E-state index contributed by atoms with van der Waals surface area (Å²) in [6.07, 6.45) is 3.60. The van der Waals surface area contributed by atoms with Gasteiger partial charge in [-0.1, -0.05) is 19.1 Å². The lowest BCUT2D eigenvalue weighted by Gasteiger charge is -2.15. The summed E-state index contributed by atoms with van der Waals surface area (Å²) in [4.78, 5) is 12.1. The monoisotopic (exact) mass is 355 g/mol. The average Bonchev–Trinajstić information content (AvgIpc) is 2.89. The van der Waals surface area contributed by atoms with Crippen LogP contribution in [-0.2, 0) is 14.6 Å². The molecule has 24 heavy (non-hydrogen) atoms. The van der Waals surface area contributed by atoms with E-state index >= 15 is 0 Å². The van der Waals surface area contributed by atoms with Gasteiger partial charge < -0.3 is 5.32 Å². The Kier molecular flexibility index (Phi) is 6.78. The van der Waals surface area contributed by atoms with Crippen LogP contribution >= 0.6 is 0 Å². The summed E-state index contributed by atoms with van der Waals surface area (Å²) in [6.45, 7) is 2.59. The van der Waals surface area contributed by atoms with Gasteiger partial charge in [-0.2, -0.15) is 0 Å². The molecule has 6 heteroatoms. The van der Waals surface area contributed by atoms with E-state index in [0.29, 0.717) is 24.5 Å². The van der Waals surface area contributed by atoms with Crippen LogP contribution < -0.4 is 5.32 Å². The third kappa shape index (κ3) is 5.89. The van der Waals surface area contributed by atoms with Crippen molar-refractivity contribution in [2.75, 3.05) is 18.1 Å². The van der Waals surface area contributed by atoms with Crippen LogP contribution in [0.1, 0.15) is 50.5 Å². The Morgan fingerprint density at radius 3 is 2.62 bits per heavy atom. The van der Waals surface area contributed by atoms with Crippen molar-refractivity contribution in [3.63, 3.8) is 0 Å². The first-order valence-electron chi connectivity index (χ1n) is 8.62. The van der Waals surface area contributed by atoms with Gasteiger partial charge in [-0.05, 0) is 55.2 Å². The molecule has 2 rings (SSSR count). The Hall–Kier alpha value is -1.43. The lowest BCUT2D eigenvalue weighted by molar-refractivity contribution is -0.121. The van der Waals surface area contributed by atoms with E-state index in [1.165, 1.54) is 12.1 Å². The van der Waals surface area contributed by atoms with Crippen molar-refractivity contribution in [1.29, 1.82) is 0 Å². The van der Waals surface area contributed by atoms with Crippen LogP contribution in [0.3, 0.4) is 0 Å². The molecule has 0 aliphatic carbocycles. The fourth-order valence-corrected chi connectivity index (χ4v) is 5.16. The van der Waals surface area contributed by atoms with Crippen molar-refractivity contribution in [2.45, 2.75) is 44.9 Å². The maximum Gasteiger partial charge on any atom is 0.220 e. The molecule has 0 bridgehead atoms. The lowest BCUT2D eigenvalue weighted by Crippen LogP contribution is -2.26. The van der Waals surface area contributed by atoms with E-state index in [1.54, 1.807) is 12.1 Å². The number of hydrogen-bond donors (Lipinski definition) is 1. The SMILES string of the molecule is CCC(CC(=O)NCCCC1CCS(=O)(=O)C1)c1ccc(F)cc1. The zero-order chi connectivity index (χ0) is 17.6. The molecule has 1 aliphatic rings. The number of rotatable bonds is 8. The van der Waals surface area contributed by atoms with E-state index in [0.717, 1.165) is 31.2 Å². The van der Waals surface area contributed by atoms with E-state index in [9.17, 15) is 17.6 Å². The maximum absolute atomic E-state index is 13.0. The molecule has 2 unspecified atom stereocenters. The summed E-state index contributed by atoms with van der Waals surface area (Å²) < 4.78 is 35.8. The number of carbonyl (C=O) groups excluding carboxylic acids is 1. The first-order valence-corrected chi connectivity index (χ1v) is 10.4. The molecular weight excluding hydrogens is 329 g/mol. The van der Waals surface area contributed by atoms with Gasteiger partial charge in [0, 0.05) is 13.0 Å². The largest absolute Gasteiger partial charge is 0.356 e. The lowest BCUT2D eigenvalue weighted by atomic mass is 9.93. The zero-order valence-corrected chi connectivity index (χ0v) is 14.9. The summed E-state index contributed by atoms with van der Waals surface area (Å²) in [5.41, 5.74) is 0.977. The molecule has 1 fully saturated rings. The first-order chi connectivity index (χ1) is 11.4. The highest BCUT2D eigenvalue weighted by atomic mass is 32.2. The maximum atomic E-state index is 13.0. The van der Waals surface area contributed by atoms with Crippen molar-refractivity contribution in [3.8, 4) is 0 Å². The van der Waals surface area contributed by atoms with E-state index in [4.69, 9.17) is 0 Å². The molecule has 2 atom stereocenters. The number of hydrogen-bond acceptors (Lipinski definition) is 3. The minimum atomic E-state index is -2.82. The van der Waals surface area contributed by atoms with Crippen molar-refractivity contribution in [3.05, 3.63) is 35.6 Å². The molecule has 0 spiro atoms. The highest BCUT2D eigenvalue weighted by Crippen LogP contribution is 2.24. The van der Waals surface area contributed by atoms with E-state index < -0.39 is 9.84 Å². The smallest absolute Gasteiger partial charge is 0.220 e. The summed E-state index contributed by atoms with van der Waals surface area (Å²) >= 11 is 0. The van der Waals surface area contributed by atoms with Crippen LogP contribution in [0.15, 0.2) is 24.3 Å². The molecule has 1 aliphatic heterocycles. The predicted molar refractivity (Wildman–Crippen MR) is 93.1 cm³/mol. The van der Waals surface area contributed by atoms with Crippen LogP contribution in [0, 0.1) is 11.7 Å². The Morgan fingerprint density at radius 1 is 1.33 bits per heavy atom. The van der Waals surface area contributed by atoms with E-state index in [1.807, 2.05) is 6.92 Å². The fourth-order valence-electron chi connectivity index (χ4n) is 3.25. The second-order valence-corrected chi connectivity index (χ2v) is 8.85. The minimum absolute atomic E-state index is 0.00906. The molecule has 1 saturated heterocycles. The summed E-state index contributed by atoms with van der Waals surface area (Å²) in [6, 6.07) is 6.31. The van der Waals surface area contributed by atoms with Crippen LogP contribution in [-0.4, -0.2) is 32.4 Å². The number of nitrogens with one attached hydrogen (secondary N) is 1. The quantitative estimate of drug-likeness (QED) is 0.729. The minimum Gasteiger partial charge on any atom is -0.356 e. The number of amides is 1. The third-order valence-electron chi connectivity index (χ3n) is 4.70. The van der Waals surface area contributed by atoms with Gasteiger partial charge in [0.25, 0.3) is 0 Å². The van der Waals surface area contributed by atoms with Crippen molar-refractivity contribution < 1.29 is 17.6 Å². The molecular formula is C18H26FNO3S. The molecule has 1 heterocycles. The molecule has 4 nitrogen and oxygen atoms in total. The number of sulfone groups is 1.